The van der Waals surface area contributed by atoms with Crippen molar-refractivity contribution in [3.63, 3.8) is 0 Å². The molecule has 0 radical (unpaired) electrons. The second-order valence-corrected chi connectivity index (χ2v) is 10.2. The number of para-hydroxylation sites is 1. The van der Waals surface area contributed by atoms with Crippen LogP contribution in [-0.4, -0.2) is 32.1 Å². The van der Waals surface area contributed by atoms with E-state index in [0.717, 1.165) is 22.6 Å². The first-order chi connectivity index (χ1) is 19.0. The van der Waals surface area contributed by atoms with Crippen LogP contribution in [0, 0.1) is 0 Å². The van der Waals surface area contributed by atoms with Crippen LogP contribution in [0.1, 0.15) is 23.9 Å². The number of aromatic nitrogens is 3. The van der Waals surface area contributed by atoms with Crippen LogP contribution in [0.2, 0.25) is 5.02 Å². The van der Waals surface area contributed by atoms with E-state index in [9.17, 15) is 4.79 Å². The van der Waals surface area contributed by atoms with E-state index >= 15 is 0 Å². The van der Waals surface area contributed by atoms with Crippen molar-refractivity contribution in [3.8, 4) is 5.75 Å². The average Bonchev–Trinajstić information content (AvgIpc) is 3.33. The van der Waals surface area contributed by atoms with Crippen LogP contribution in [0.15, 0.2) is 102 Å². The lowest BCUT2D eigenvalue weighted by atomic mass is 10.2. The van der Waals surface area contributed by atoms with Crippen LogP contribution in [-0.2, 0) is 24.5 Å². The fourth-order valence-electron chi connectivity index (χ4n) is 3.52. The minimum Gasteiger partial charge on any atom is -0.488 e. The minimum absolute atomic E-state index is 0.257. The maximum atomic E-state index is 12.8. The highest BCUT2D eigenvalue weighted by Crippen LogP contribution is 2.23. The Morgan fingerprint density at radius 2 is 1.85 bits per heavy atom. The Hall–Kier alpha value is -4.08. The van der Waals surface area contributed by atoms with Gasteiger partial charge in [-0.1, -0.05) is 71.9 Å². The van der Waals surface area contributed by atoms with Crippen molar-refractivity contribution in [1.82, 2.24) is 20.2 Å². The first-order valence-corrected chi connectivity index (χ1v) is 13.6. The normalized spacial score (nSPS) is 11.7. The molecular weight excluding hydrogens is 532 g/mol. The number of hydrazone groups is 1. The van der Waals surface area contributed by atoms with Crippen molar-refractivity contribution in [2.24, 2.45) is 5.10 Å². The van der Waals surface area contributed by atoms with Crippen LogP contribution in [0.5, 0.6) is 5.75 Å². The monoisotopic (exact) mass is 560 g/mol. The van der Waals surface area contributed by atoms with Gasteiger partial charge in [0.25, 0.3) is 5.91 Å². The molecule has 0 aliphatic rings. The molecule has 1 heterocycles. The molecule has 0 fully saturated rings. The summed E-state index contributed by atoms with van der Waals surface area (Å²) in [6.07, 6.45) is 3.35. The fraction of sp³-hybridized carbons (Fsp3) is 0.172. The van der Waals surface area contributed by atoms with Gasteiger partial charge in [0.05, 0.1) is 18.0 Å². The van der Waals surface area contributed by atoms with Gasteiger partial charge in [-0.2, -0.15) is 5.10 Å². The molecule has 1 atom stereocenters. The standard InChI is InChI=1S/C29H29ClN6O2S/c1-3-17-36-27(19-31-25-15-13-24(30)14-16-25)33-35-29(36)39-21(2)28(37)34-32-18-23-11-7-8-12-26(23)38-20-22-9-5-4-6-10-22/h3-16,18,21,31H,1,17,19-20H2,2H3,(H,34,37)/b32-18+/t21-/m1/s1. The highest BCUT2D eigenvalue weighted by molar-refractivity contribution is 8.00. The Morgan fingerprint density at radius 3 is 2.62 bits per heavy atom. The van der Waals surface area contributed by atoms with E-state index in [1.165, 1.54) is 11.8 Å². The fourth-order valence-corrected chi connectivity index (χ4v) is 4.52. The van der Waals surface area contributed by atoms with Crippen molar-refractivity contribution >= 4 is 41.2 Å². The summed E-state index contributed by atoms with van der Waals surface area (Å²) < 4.78 is 7.88. The van der Waals surface area contributed by atoms with Crippen LogP contribution in [0.25, 0.3) is 0 Å². The zero-order chi connectivity index (χ0) is 27.5. The minimum atomic E-state index is -0.462. The van der Waals surface area contributed by atoms with Gasteiger partial charge in [-0.15, -0.1) is 16.8 Å². The summed E-state index contributed by atoms with van der Waals surface area (Å²) in [5.74, 6) is 1.15. The molecule has 1 aromatic heterocycles. The summed E-state index contributed by atoms with van der Waals surface area (Å²) in [7, 11) is 0. The lowest BCUT2D eigenvalue weighted by Gasteiger charge is -2.12. The summed E-state index contributed by atoms with van der Waals surface area (Å²) in [6.45, 7) is 7.04. The van der Waals surface area contributed by atoms with Gasteiger partial charge in [0.2, 0.25) is 0 Å². The number of carbonyl (C=O) groups excluding carboxylic acids is 1. The number of ether oxygens (including phenoxy) is 1. The molecule has 0 aliphatic heterocycles. The largest absolute Gasteiger partial charge is 0.488 e. The van der Waals surface area contributed by atoms with Crippen molar-refractivity contribution in [2.45, 2.75) is 37.0 Å². The predicted molar refractivity (Wildman–Crippen MR) is 157 cm³/mol. The number of nitrogens with one attached hydrogen (secondary N) is 2. The lowest BCUT2D eigenvalue weighted by molar-refractivity contribution is -0.120. The van der Waals surface area contributed by atoms with Gasteiger partial charge in [0.1, 0.15) is 12.4 Å². The number of anilines is 1. The summed E-state index contributed by atoms with van der Waals surface area (Å²) in [5, 5.41) is 16.9. The number of allylic oxidation sites excluding steroid dienone is 1. The van der Waals surface area contributed by atoms with Gasteiger partial charge in [-0.3, -0.25) is 4.79 Å². The first-order valence-electron chi connectivity index (χ1n) is 12.3. The smallest absolute Gasteiger partial charge is 0.253 e. The Kier molecular flexibility index (Phi) is 10.2. The van der Waals surface area contributed by atoms with Crippen molar-refractivity contribution < 1.29 is 9.53 Å². The molecule has 1 amide bonds. The second-order valence-electron chi connectivity index (χ2n) is 8.46. The third-order valence-electron chi connectivity index (χ3n) is 5.59. The second kappa shape index (κ2) is 14.2. The van der Waals surface area contributed by atoms with E-state index in [1.54, 1.807) is 19.2 Å². The average molecular weight is 561 g/mol. The number of hydrogen-bond donors (Lipinski definition) is 2. The topological polar surface area (TPSA) is 93.4 Å². The molecule has 0 bridgehead atoms. The van der Waals surface area contributed by atoms with Gasteiger partial charge in [-0.05, 0) is 48.9 Å². The Labute approximate surface area is 237 Å². The van der Waals surface area contributed by atoms with Gasteiger partial charge in [0, 0.05) is 22.8 Å². The third-order valence-corrected chi connectivity index (χ3v) is 6.92. The van der Waals surface area contributed by atoms with Gasteiger partial charge < -0.3 is 14.6 Å². The predicted octanol–water partition coefficient (Wildman–Crippen LogP) is 5.94. The van der Waals surface area contributed by atoms with E-state index in [0.29, 0.717) is 35.6 Å². The summed E-state index contributed by atoms with van der Waals surface area (Å²) >= 11 is 7.26. The van der Waals surface area contributed by atoms with E-state index < -0.39 is 5.25 Å². The molecular formula is C29H29ClN6O2S. The number of nitrogens with zero attached hydrogens (tertiary/aromatic N) is 4. The molecule has 8 nitrogen and oxygen atoms in total. The van der Waals surface area contributed by atoms with Crippen molar-refractivity contribution in [2.75, 3.05) is 5.32 Å². The molecule has 0 aliphatic carbocycles. The first kappa shape index (κ1) is 27.9. The molecule has 4 rings (SSSR count). The highest BCUT2D eigenvalue weighted by atomic mass is 35.5. The quantitative estimate of drug-likeness (QED) is 0.0909. The Morgan fingerprint density at radius 1 is 1.10 bits per heavy atom. The lowest BCUT2D eigenvalue weighted by Crippen LogP contribution is -2.27. The highest BCUT2D eigenvalue weighted by Gasteiger charge is 2.19. The summed E-state index contributed by atoms with van der Waals surface area (Å²) in [5.41, 5.74) is 5.36. The molecule has 0 saturated carbocycles. The molecule has 4 aromatic rings. The molecule has 3 aromatic carbocycles. The number of carbonyl (C=O) groups is 1. The zero-order valence-electron chi connectivity index (χ0n) is 21.5. The molecule has 0 saturated heterocycles. The number of hydrogen-bond acceptors (Lipinski definition) is 7. The number of halogens is 1. The van der Waals surface area contributed by atoms with E-state index in [1.807, 2.05) is 83.4 Å². The van der Waals surface area contributed by atoms with Crippen molar-refractivity contribution in [3.05, 3.63) is 113 Å². The number of rotatable bonds is 13. The summed E-state index contributed by atoms with van der Waals surface area (Å²) in [4.78, 5) is 12.8. The zero-order valence-corrected chi connectivity index (χ0v) is 23.0. The number of amides is 1. The number of thioether (sulfide) groups is 1. The van der Waals surface area contributed by atoms with Gasteiger partial charge in [0.15, 0.2) is 11.0 Å². The van der Waals surface area contributed by atoms with E-state index in [2.05, 4.69) is 32.6 Å². The molecule has 39 heavy (non-hydrogen) atoms. The van der Waals surface area contributed by atoms with Crippen LogP contribution < -0.4 is 15.5 Å². The van der Waals surface area contributed by atoms with Crippen LogP contribution in [0.3, 0.4) is 0 Å². The van der Waals surface area contributed by atoms with Gasteiger partial charge in [-0.25, -0.2) is 5.43 Å². The molecule has 10 heteroatoms. The van der Waals surface area contributed by atoms with Crippen molar-refractivity contribution in [1.29, 1.82) is 0 Å². The SMILES string of the molecule is C=CCn1c(CNc2ccc(Cl)cc2)nnc1S[C@H](C)C(=O)N/N=C/c1ccccc1OCc1ccccc1. The maximum absolute atomic E-state index is 12.8. The third kappa shape index (κ3) is 8.20. The Balaban J connectivity index is 1.33. The Bertz CT molecular complexity index is 1410. The molecule has 0 unspecified atom stereocenters. The maximum Gasteiger partial charge on any atom is 0.253 e. The molecule has 200 valence electrons. The number of benzene rings is 3. The van der Waals surface area contributed by atoms with Crippen LogP contribution >= 0.6 is 23.4 Å². The molecule has 2 N–H and O–H groups in total. The van der Waals surface area contributed by atoms with E-state index in [4.69, 9.17) is 16.3 Å². The summed E-state index contributed by atoms with van der Waals surface area (Å²) in [6, 6.07) is 24.9. The van der Waals surface area contributed by atoms with Gasteiger partial charge >= 0.3 is 0 Å². The van der Waals surface area contributed by atoms with Crippen LogP contribution in [0.4, 0.5) is 5.69 Å². The molecule has 0 spiro atoms. The van der Waals surface area contributed by atoms with E-state index in [-0.39, 0.29) is 5.91 Å².